The molecule has 0 fully saturated rings. The molecule has 1 aromatic carbocycles. The summed E-state index contributed by atoms with van der Waals surface area (Å²) < 4.78 is 5.26. The van der Waals surface area contributed by atoms with Crippen LogP contribution in [-0.4, -0.2) is 24.3 Å². The zero-order valence-corrected chi connectivity index (χ0v) is 14.9. The van der Waals surface area contributed by atoms with Crippen LogP contribution in [0, 0.1) is 13.8 Å². The number of carbonyl (C=O) groups is 1. The maximum atomic E-state index is 11.7. The summed E-state index contributed by atoms with van der Waals surface area (Å²) in [7, 11) is 0. The Labute approximate surface area is 134 Å². The molecule has 4 nitrogen and oxygen atoms in total. The van der Waals surface area contributed by atoms with Gasteiger partial charge in [0.25, 0.3) is 0 Å². The van der Waals surface area contributed by atoms with E-state index in [-0.39, 0.29) is 18.2 Å². The first-order chi connectivity index (χ1) is 10.1. The molecule has 0 spiro atoms. The van der Waals surface area contributed by atoms with E-state index in [1.165, 1.54) is 16.7 Å². The lowest BCUT2D eigenvalue weighted by Gasteiger charge is -2.23. The SMILES string of the molecule is Cc1ccc(C)c(C(C)NCC(C)NC(=O)OC(C)(C)C)c1. The number of ether oxygens (including phenoxy) is 1. The first-order valence-corrected chi connectivity index (χ1v) is 7.88. The van der Waals surface area contributed by atoms with E-state index in [9.17, 15) is 4.79 Å². The van der Waals surface area contributed by atoms with Crippen molar-refractivity contribution in [2.75, 3.05) is 6.54 Å². The molecule has 2 N–H and O–H groups in total. The number of alkyl carbamates (subject to hydrolysis) is 1. The molecule has 0 aromatic heterocycles. The van der Waals surface area contributed by atoms with Crippen LogP contribution < -0.4 is 10.6 Å². The van der Waals surface area contributed by atoms with Gasteiger partial charge >= 0.3 is 6.09 Å². The maximum absolute atomic E-state index is 11.7. The van der Waals surface area contributed by atoms with Gasteiger partial charge < -0.3 is 15.4 Å². The van der Waals surface area contributed by atoms with Crippen LogP contribution >= 0.6 is 0 Å². The summed E-state index contributed by atoms with van der Waals surface area (Å²) in [5.41, 5.74) is 3.36. The Balaban J connectivity index is 2.48. The van der Waals surface area contributed by atoms with Crippen LogP contribution in [-0.2, 0) is 4.74 Å². The number of rotatable bonds is 5. The third kappa shape index (κ3) is 6.48. The van der Waals surface area contributed by atoms with Crippen LogP contribution in [0.3, 0.4) is 0 Å². The summed E-state index contributed by atoms with van der Waals surface area (Å²) in [6.07, 6.45) is -0.374. The number of carbonyl (C=O) groups excluding carboxylic acids is 1. The van der Waals surface area contributed by atoms with E-state index in [0.717, 1.165) is 0 Å². The molecule has 0 saturated carbocycles. The average Bonchev–Trinajstić information content (AvgIpc) is 2.36. The lowest BCUT2D eigenvalue weighted by molar-refractivity contribution is 0.0507. The van der Waals surface area contributed by atoms with Gasteiger partial charge in [0.05, 0.1) is 0 Å². The molecule has 0 radical (unpaired) electrons. The molecule has 0 aliphatic rings. The molecule has 2 unspecified atom stereocenters. The van der Waals surface area contributed by atoms with Crippen molar-refractivity contribution in [1.29, 1.82) is 0 Å². The Bertz CT molecular complexity index is 506. The highest BCUT2D eigenvalue weighted by atomic mass is 16.6. The molecule has 2 atom stereocenters. The predicted octanol–water partition coefficient (Wildman–Crippen LogP) is 3.87. The quantitative estimate of drug-likeness (QED) is 0.868. The van der Waals surface area contributed by atoms with Crippen molar-refractivity contribution in [2.45, 2.75) is 66.2 Å². The summed E-state index contributed by atoms with van der Waals surface area (Å²) >= 11 is 0. The highest BCUT2D eigenvalue weighted by molar-refractivity contribution is 5.68. The lowest BCUT2D eigenvalue weighted by Crippen LogP contribution is -2.43. The van der Waals surface area contributed by atoms with Crippen LogP contribution in [0.5, 0.6) is 0 Å². The maximum Gasteiger partial charge on any atom is 0.407 e. The van der Waals surface area contributed by atoms with Crippen molar-refractivity contribution in [3.8, 4) is 0 Å². The highest BCUT2D eigenvalue weighted by Gasteiger charge is 2.18. The second-order valence-electron chi connectivity index (χ2n) is 7.04. The Morgan fingerprint density at radius 1 is 1.23 bits per heavy atom. The Morgan fingerprint density at radius 2 is 1.86 bits per heavy atom. The summed E-state index contributed by atoms with van der Waals surface area (Å²) in [5, 5.41) is 6.31. The third-order valence-electron chi connectivity index (χ3n) is 3.39. The molecule has 22 heavy (non-hydrogen) atoms. The van der Waals surface area contributed by atoms with Crippen molar-refractivity contribution in [1.82, 2.24) is 10.6 Å². The second kappa shape index (κ2) is 7.63. The second-order valence-corrected chi connectivity index (χ2v) is 7.04. The molecular formula is C18H30N2O2. The number of hydrogen-bond donors (Lipinski definition) is 2. The summed E-state index contributed by atoms with van der Waals surface area (Å²) in [6.45, 7) is 14.6. The van der Waals surface area contributed by atoms with E-state index in [1.807, 2.05) is 27.7 Å². The fraction of sp³-hybridized carbons (Fsp3) is 0.611. The van der Waals surface area contributed by atoms with Crippen LogP contribution in [0.25, 0.3) is 0 Å². The van der Waals surface area contributed by atoms with Gasteiger partial charge in [0.2, 0.25) is 0 Å². The first-order valence-electron chi connectivity index (χ1n) is 7.88. The van der Waals surface area contributed by atoms with Gasteiger partial charge in [-0.3, -0.25) is 0 Å². The van der Waals surface area contributed by atoms with Crippen molar-refractivity contribution in [3.05, 3.63) is 34.9 Å². The van der Waals surface area contributed by atoms with E-state index in [2.05, 4.69) is 49.6 Å². The Kier molecular flexibility index (Phi) is 6.42. The molecular weight excluding hydrogens is 276 g/mol. The minimum atomic E-state index is -0.469. The zero-order chi connectivity index (χ0) is 16.9. The van der Waals surface area contributed by atoms with E-state index < -0.39 is 5.60 Å². The molecule has 0 saturated heterocycles. The van der Waals surface area contributed by atoms with Crippen LogP contribution in [0.4, 0.5) is 4.79 Å². The standard InChI is InChI=1S/C18H30N2O2/c1-12-8-9-13(2)16(10-12)15(4)19-11-14(3)20-17(21)22-18(5,6)7/h8-10,14-15,19H,11H2,1-7H3,(H,20,21). The van der Waals surface area contributed by atoms with Gasteiger partial charge in [-0.2, -0.15) is 0 Å². The van der Waals surface area contributed by atoms with Crippen LogP contribution in [0.2, 0.25) is 0 Å². The molecule has 1 rings (SSSR count). The van der Waals surface area contributed by atoms with Crippen molar-refractivity contribution >= 4 is 6.09 Å². The first kappa shape index (κ1) is 18.5. The third-order valence-corrected chi connectivity index (χ3v) is 3.39. The van der Waals surface area contributed by atoms with E-state index in [4.69, 9.17) is 4.74 Å². The normalized spacial score (nSPS) is 14.3. The number of amides is 1. The predicted molar refractivity (Wildman–Crippen MR) is 91.2 cm³/mol. The molecule has 124 valence electrons. The highest BCUT2D eigenvalue weighted by Crippen LogP contribution is 2.18. The molecule has 0 heterocycles. The number of benzene rings is 1. The number of aryl methyl sites for hydroxylation is 2. The van der Waals surface area contributed by atoms with Crippen molar-refractivity contribution in [3.63, 3.8) is 0 Å². The molecule has 4 heteroatoms. The van der Waals surface area contributed by atoms with Gasteiger partial charge in [0.15, 0.2) is 0 Å². The van der Waals surface area contributed by atoms with E-state index in [0.29, 0.717) is 6.54 Å². The number of hydrogen-bond acceptors (Lipinski definition) is 3. The van der Waals surface area contributed by atoms with E-state index in [1.54, 1.807) is 0 Å². The van der Waals surface area contributed by atoms with Gasteiger partial charge in [0.1, 0.15) is 5.60 Å². The summed E-state index contributed by atoms with van der Waals surface area (Å²) in [6, 6.07) is 6.72. The van der Waals surface area contributed by atoms with Gasteiger partial charge in [-0.25, -0.2) is 4.79 Å². The van der Waals surface area contributed by atoms with Gasteiger partial charge in [0, 0.05) is 18.6 Å². The van der Waals surface area contributed by atoms with Crippen molar-refractivity contribution in [2.24, 2.45) is 0 Å². The lowest BCUT2D eigenvalue weighted by atomic mass is 10.00. The minimum Gasteiger partial charge on any atom is -0.444 e. The fourth-order valence-electron chi connectivity index (χ4n) is 2.25. The average molecular weight is 306 g/mol. The smallest absolute Gasteiger partial charge is 0.407 e. The monoisotopic (exact) mass is 306 g/mol. The summed E-state index contributed by atoms with van der Waals surface area (Å²) in [4.78, 5) is 11.7. The van der Waals surface area contributed by atoms with Gasteiger partial charge in [-0.1, -0.05) is 23.8 Å². The van der Waals surface area contributed by atoms with Crippen LogP contribution in [0.1, 0.15) is 57.4 Å². The topological polar surface area (TPSA) is 50.4 Å². The largest absolute Gasteiger partial charge is 0.444 e. The zero-order valence-electron chi connectivity index (χ0n) is 14.9. The molecule has 0 aliphatic heterocycles. The molecule has 1 aromatic rings. The van der Waals surface area contributed by atoms with Crippen LogP contribution in [0.15, 0.2) is 18.2 Å². The van der Waals surface area contributed by atoms with Crippen molar-refractivity contribution < 1.29 is 9.53 Å². The molecule has 1 amide bonds. The van der Waals surface area contributed by atoms with Gasteiger partial charge in [-0.15, -0.1) is 0 Å². The minimum absolute atomic E-state index is 0.00224. The Hall–Kier alpha value is -1.55. The fourth-order valence-corrected chi connectivity index (χ4v) is 2.25. The molecule has 0 bridgehead atoms. The number of nitrogens with one attached hydrogen (secondary N) is 2. The molecule has 0 aliphatic carbocycles. The van der Waals surface area contributed by atoms with E-state index >= 15 is 0 Å². The summed E-state index contributed by atoms with van der Waals surface area (Å²) in [5.74, 6) is 0. The van der Waals surface area contributed by atoms with Gasteiger partial charge in [-0.05, 0) is 59.6 Å². The Morgan fingerprint density at radius 3 is 2.45 bits per heavy atom.